The summed E-state index contributed by atoms with van der Waals surface area (Å²) < 4.78 is 0. The Labute approximate surface area is 174 Å². The number of nitrogens with one attached hydrogen (secondary N) is 1. The average Bonchev–Trinajstić information content (AvgIpc) is 3.23. The van der Waals surface area contributed by atoms with Crippen LogP contribution in [0.5, 0.6) is 0 Å². The molecule has 1 atom stereocenters. The smallest absolute Gasteiger partial charge is 0.187 e. The maximum absolute atomic E-state index is 8.87. The molecule has 0 unspecified atom stereocenters. The van der Waals surface area contributed by atoms with Gasteiger partial charge in [0.15, 0.2) is 5.16 Å². The van der Waals surface area contributed by atoms with Crippen molar-refractivity contribution in [1.82, 2.24) is 24.8 Å². The van der Waals surface area contributed by atoms with Gasteiger partial charge in [0.1, 0.15) is 17.6 Å². The number of nitriles is 1. The molecule has 1 aliphatic heterocycles. The quantitative estimate of drug-likeness (QED) is 0.489. The van der Waals surface area contributed by atoms with Gasteiger partial charge < -0.3 is 5.32 Å². The SMILES string of the molecule is CSc1ncc(CN2CCC[C@H]2c2cccc(Nc3ccc(C#N)nc3)n2)cn1. The Morgan fingerprint density at radius 3 is 2.76 bits per heavy atom. The Morgan fingerprint density at radius 1 is 1.17 bits per heavy atom. The van der Waals surface area contributed by atoms with Crippen LogP contribution in [0.25, 0.3) is 0 Å². The van der Waals surface area contributed by atoms with Crippen molar-refractivity contribution in [1.29, 1.82) is 5.26 Å². The van der Waals surface area contributed by atoms with E-state index >= 15 is 0 Å². The minimum Gasteiger partial charge on any atom is -0.339 e. The molecule has 0 radical (unpaired) electrons. The first-order valence-corrected chi connectivity index (χ1v) is 10.7. The van der Waals surface area contributed by atoms with Gasteiger partial charge in [0.05, 0.1) is 23.6 Å². The second kappa shape index (κ2) is 8.99. The van der Waals surface area contributed by atoms with Crippen molar-refractivity contribution >= 4 is 23.3 Å². The monoisotopic (exact) mass is 403 g/mol. The van der Waals surface area contributed by atoms with Crippen molar-refractivity contribution in [3.8, 4) is 6.07 Å². The van der Waals surface area contributed by atoms with E-state index in [-0.39, 0.29) is 6.04 Å². The summed E-state index contributed by atoms with van der Waals surface area (Å²) in [5.74, 6) is 0.772. The maximum Gasteiger partial charge on any atom is 0.187 e. The number of anilines is 2. The van der Waals surface area contributed by atoms with Gasteiger partial charge in [0.25, 0.3) is 0 Å². The summed E-state index contributed by atoms with van der Waals surface area (Å²) in [7, 11) is 0. The fraction of sp³-hybridized carbons (Fsp3) is 0.286. The average molecular weight is 404 g/mol. The van der Waals surface area contributed by atoms with Gasteiger partial charge in [-0.3, -0.25) is 4.90 Å². The third kappa shape index (κ3) is 4.70. The van der Waals surface area contributed by atoms with E-state index in [4.69, 9.17) is 10.2 Å². The second-order valence-corrected chi connectivity index (χ2v) is 7.60. The molecule has 7 nitrogen and oxygen atoms in total. The van der Waals surface area contributed by atoms with E-state index in [0.29, 0.717) is 5.69 Å². The number of hydrogen-bond donors (Lipinski definition) is 1. The summed E-state index contributed by atoms with van der Waals surface area (Å²) in [4.78, 5) is 20.1. The fourth-order valence-electron chi connectivity index (χ4n) is 3.50. The van der Waals surface area contributed by atoms with Crippen LogP contribution in [0.4, 0.5) is 11.5 Å². The van der Waals surface area contributed by atoms with Crippen LogP contribution in [0.1, 0.15) is 35.8 Å². The summed E-state index contributed by atoms with van der Waals surface area (Å²) in [6, 6.07) is 11.9. The minimum atomic E-state index is 0.274. The summed E-state index contributed by atoms with van der Waals surface area (Å²) in [5.41, 5.74) is 3.37. The first kappa shape index (κ1) is 19.3. The van der Waals surface area contributed by atoms with Gasteiger partial charge >= 0.3 is 0 Å². The van der Waals surface area contributed by atoms with Crippen LogP contribution in [-0.2, 0) is 6.54 Å². The molecule has 8 heteroatoms. The molecule has 29 heavy (non-hydrogen) atoms. The molecule has 146 valence electrons. The Bertz CT molecular complexity index is 999. The highest BCUT2D eigenvalue weighted by molar-refractivity contribution is 7.98. The van der Waals surface area contributed by atoms with Crippen LogP contribution < -0.4 is 5.32 Å². The van der Waals surface area contributed by atoms with E-state index in [2.05, 4.69) is 31.2 Å². The number of pyridine rings is 2. The molecular weight excluding hydrogens is 382 g/mol. The number of hydrogen-bond acceptors (Lipinski definition) is 8. The van der Waals surface area contributed by atoms with Crippen molar-refractivity contribution in [2.24, 2.45) is 0 Å². The molecule has 0 spiro atoms. The highest BCUT2D eigenvalue weighted by Gasteiger charge is 2.27. The Morgan fingerprint density at radius 2 is 2.03 bits per heavy atom. The number of nitrogens with zero attached hydrogens (tertiary/aromatic N) is 6. The van der Waals surface area contributed by atoms with Gasteiger partial charge in [0.2, 0.25) is 0 Å². The normalized spacial score (nSPS) is 16.5. The van der Waals surface area contributed by atoms with Gasteiger partial charge in [-0.05, 0) is 49.9 Å². The van der Waals surface area contributed by atoms with Crippen molar-refractivity contribution in [3.05, 3.63) is 65.9 Å². The zero-order chi connectivity index (χ0) is 20.1. The Hall–Kier alpha value is -3.02. The van der Waals surface area contributed by atoms with Crippen LogP contribution in [-0.4, -0.2) is 37.6 Å². The third-order valence-electron chi connectivity index (χ3n) is 4.88. The lowest BCUT2D eigenvalue weighted by Gasteiger charge is -2.24. The Kier molecular flexibility index (Phi) is 5.98. The number of rotatable bonds is 6. The summed E-state index contributed by atoms with van der Waals surface area (Å²) in [5, 5.41) is 12.9. The predicted octanol–water partition coefficient (Wildman–Crippen LogP) is 3.94. The van der Waals surface area contributed by atoms with Gasteiger partial charge in [-0.2, -0.15) is 5.26 Å². The molecule has 4 heterocycles. The molecule has 0 amide bonds. The molecule has 4 rings (SSSR count). The van der Waals surface area contributed by atoms with Crippen LogP contribution >= 0.6 is 11.8 Å². The first-order valence-electron chi connectivity index (χ1n) is 9.44. The largest absolute Gasteiger partial charge is 0.339 e. The molecule has 0 aliphatic carbocycles. The molecule has 0 bridgehead atoms. The van der Waals surface area contributed by atoms with Gasteiger partial charge in [0, 0.05) is 24.5 Å². The number of likely N-dealkylation sites (tertiary alicyclic amines) is 1. The third-order valence-corrected chi connectivity index (χ3v) is 5.45. The minimum absolute atomic E-state index is 0.274. The molecule has 0 saturated carbocycles. The number of thioether (sulfide) groups is 1. The lowest BCUT2D eigenvalue weighted by molar-refractivity contribution is 0.244. The summed E-state index contributed by atoms with van der Waals surface area (Å²) in [6.07, 6.45) is 9.68. The van der Waals surface area contributed by atoms with Gasteiger partial charge in [-0.1, -0.05) is 17.8 Å². The lowest BCUT2D eigenvalue weighted by Crippen LogP contribution is -2.23. The molecular formula is C21H21N7S. The Balaban J connectivity index is 1.47. The molecule has 1 aliphatic rings. The molecule has 0 aromatic carbocycles. The highest BCUT2D eigenvalue weighted by Crippen LogP contribution is 2.32. The van der Waals surface area contributed by atoms with E-state index in [0.717, 1.165) is 53.9 Å². The topological polar surface area (TPSA) is 90.6 Å². The molecule has 1 saturated heterocycles. The van der Waals surface area contributed by atoms with Crippen molar-refractivity contribution < 1.29 is 0 Å². The van der Waals surface area contributed by atoms with E-state index in [9.17, 15) is 0 Å². The molecule has 3 aromatic heterocycles. The van der Waals surface area contributed by atoms with E-state index < -0.39 is 0 Å². The van der Waals surface area contributed by atoms with Crippen molar-refractivity contribution in [2.75, 3.05) is 18.1 Å². The van der Waals surface area contributed by atoms with Gasteiger partial charge in [-0.25, -0.2) is 19.9 Å². The number of aromatic nitrogens is 4. The standard InChI is InChI=1S/C21H21N7S/c1-29-21-24-11-15(12-25-21)14-28-9-3-5-19(28)18-4-2-6-20(27-18)26-17-8-7-16(10-22)23-13-17/h2,4,6-8,11-13,19H,3,5,9,14H2,1H3,(H,26,27)/t19-/m0/s1. The maximum atomic E-state index is 8.87. The first-order chi connectivity index (χ1) is 14.2. The summed E-state index contributed by atoms with van der Waals surface area (Å²) >= 11 is 1.55. The van der Waals surface area contributed by atoms with Crippen LogP contribution in [0, 0.1) is 11.3 Å². The van der Waals surface area contributed by atoms with Gasteiger partial charge in [-0.15, -0.1) is 0 Å². The molecule has 1 fully saturated rings. The van der Waals surface area contributed by atoms with Crippen molar-refractivity contribution in [2.45, 2.75) is 30.6 Å². The predicted molar refractivity (Wildman–Crippen MR) is 113 cm³/mol. The molecule has 1 N–H and O–H groups in total. The van der Waals surface area contributed by atoms with Crippen LogP contribution in [0.2, 0.25) is 0 Å². The van der Waals surface area contributed by atoms with E-state index in [1.165, 1.54) is 0 Å². The van der Waals surface area contributed by atoms with Crippen molar-refractivity contribution in [3.63, 3.8) is 0 Å². The van der Waals surface area contributed by atoms with E-state index in [1.807, 2.05) is 42.9 Å². The highest BCUT2D eigenvalue weighted by atomic mass is 32.2. The molecule has 3 aromatic rings. The van der Waals surface area contributed by atoms with E-state index in [1.54, 1.807) is 24.0 Å². The second-order valence-electron chi connectivity index (χ2n) is 6.82. The van der Waals surface area contributed by atoms with Crippen LogP contribution in [0.15, 0.2) is 54.1 Å². The fourth-order valence-corrected chi connectivity index (χ4v) is 3.82. The zero-order valence-electron chi connectivity index (χ0n) is 16.1. The lowest BCUT2D eigenvalue weighted by atomic mass is 10.1. The summed E-state index contributed by atoms with van der Waals surface area (Å²) in [6.45, 7) is 1.85. The van der Waals surface area contributed by atoms with Crippen LogP contribution in [0.3, 0.4) is 0 Å². The zero-order valence-corrected chi connectivity index (χ0v) is 16.9.